The minimum absolute atomic E-state index is 0.0548. The Balaban J connectivity index is 4.41. The summed E-state index contributed by atoms with van der Waals surface area (Å²) in [5, 5.41) is 9.58. The summed E-state index contributed by atoms with van der Waals surface area (Å²) in [4.78, 5) is 36.7. The first-order valence-corrected chi connectivity index (χ1v) is 19.5. The average Bonchev–Trinajstić information content (AvgIpc) is 3.05. The fraction of sp³-hybridized carbons (Fsp3) is 0.780. The predicted molar refractivity (Wildman–Crippen MR) is 201 cm³/mol. The van der Waals surface area contributed by atoms with Crippen LogP contribution in [-0.4, -0.2) is 80.6 Å². The molecule has 0 radical (unpaired) electrons. The van der Waals surface area contributed by atoms with Crippen LogP contribution < -0.4 is 0 Å². The molecule has 2 atom stereocenters. The van der Waals surface area contributed by atoms with Crippen molar-refractivity contribution >= 4 is 17.9 Å². The number of carbonyl (C=O) groups excluding carboxylic acids is 2. The molecule has 2 unspecified atom stereocenters. The molecule has 0 aromatic carbocycles. The molecule has 0 spiro atoms. The Morgan fingerprint density at radius 3 is 1.69 bits per heavy atom. The molecule has 0 heterocycles. The molecule has 0 aliphatic carbocycles. The van der Waals surface area contributed by atoms with E-state index < -0.39 is 18.1 Å². The summed E-state index contributed by atoms with van der Waals surface area (Å²) in [6, 6.07) is -0.614. The Hall–Kier alpha value is -2.45. The Labute approximate surface area is 300 Å². The quantitative estimate of drug-likeness (QED) is 0.0310. The van der Waals surface area contributed by atoms with Gasteiger partial charge in [0, 0.05) is 19.3 Å². The molecule has 49 heavy (non-hydrogen) atoms. The average molecular weight is 693 g/mol. The molecule has 1 N–H and O–H groups in total. The molecule has 0 amide bonds. The minimum atomic E-state index is -0.879. The van der Waals surface area contributed by atoms with Crippen LogP contribution in [0.5, 0.6) is 0 Å². The highest BCUT2D eigenvalue weighted by atomic mass is 16.6. The Morgan fingerprint density at radius 2 is 1.14 bits per heavy atom. The number of allylic oxidation sites excluding steroid dienone is 6. The SMILES string of the molecule is CC/C=C/C/C=C/C/C=C/CCCCCCCCC(=O)OC(COCCC(C(=O)O)[N+](C)(C)C)COC(=O)CCCCCCCCCCC. The molecule has 8 nitrogen and oxygen atoms in total. The van der Waals surface area contributed by atoms with E-state index in [0.29, 0.717) is 19.3 Å². The molecule has 0 aliphatic rings. The van der Waals surface area contributed by atoms with Crippen LogP contribution in [0.2, 0.25) is 0 Å². The first kappa shape index (κ1) is 46.5. The van der Waals surface area contributed by atoms with Gasteiger partial charge in [0.2, 0.25) is 0 Å². The van der Waals surface area contributed by atoms with Crippen molar-refractivity contribution in [2.45, 2.75) is 167 Å². The van der Waals surface area contributed by atoms with Crippen LogP contribution in [0.4, 0.5) is 0 Å². The number of carboxylic acid groups (broad SMARTS) is 1. The fourth-order valence-corrected chi connectivity index (χ4v) is 5.52. The summed E-state index contributed by atoms with van der Waals surface area (Å²) in [5.41, 5.74) is 0. The van der Waals surface area contributed by atoms with Crippen molar-refractivity contribution in [1.29, 1.82) is 0 Å². The lowest BCUT2D eigenvalue weighted by molar-refractivity contribution is -0.887. The molecule has 0 aromatic rings. The number of hydrogen-bond donors (Lipinski definition) is 1. The lowest BCUT2D eigenvalue weighted by Crippen LogP contribution is -2.50. The zero-order valence-corrected chi connectivity index (χ0v) is 32.1. The molecule has 0 bridgehead atoms. The van der Waals surface area contributed by atoms with Gasteiger partial charge in [-0.1, -0.05) is 127 Å². The molecular weight excluding hydrogens is 618 g/mol. The van der Waals surface area contributed by atoms with E-state index in [1.54, 1.807) is 0 Å². The molecule has 0 saturated carbocycles. The van der Waals surface area contributed by atoms with E-state index >= 15 is 0 Å². The van der Waals surface area contributed by atoms with Crippen LogP contribution in [-0.2, 0) is 28.6 Å². The molecule has 0 rings (SSSR count). The van der Waals surface area contributed by atoms with Crippen molar-refractivity contribution in [1.82, 2.24) is 0 Å². The van der Waals surface area contributed by atoms with E-state index in [0.717, 1.165) is 70.6 Å². The maximum Gasteiger partial charge on any atom is 0.362 e. The monoisotopic (exact) mass is 693 g/mol. The standard InChI is InChI=1S/C41H73NO7/c1-6-8-10-12-14-16-17-18-19-20-21-22-24-26-28-30-32-40(44)49-37(35-47-34-33-38(41(45)46)42(3,4)5)36-48-39(43)31-29-27-25-23-15-13-11-9-7-2/h8,10,14,16,18-19,37-38H,6-7,9,11-13,15,17,20-36H2,1-5H3/p+1/b10-8+,16-14+,19-18+. The van der Waals surface area contributed by atoms with Crippen molar-refractivity contribution in [2.24, 2.45) is 0 Å². The summed E-state index contributed by atoms with van der Waals surface area (Å²) in [6.07, 6.45) is 34.7. The van der Waals surface area contributed by atoms with Crippen molar-refractivity contribution in [2.75, 3.05) is 41.0 Å². The van der Waals surface area contributed by atoms with Crippen LogP contribution in [0, 0.1) is 0 Å². The van der Waals surface area contributed by atoms with Gasteiger partial charge in [-0.25, -0.2) is 4.79 Å². The Morgan fingerprint density at radius 1 is 0.633 bits per heavy atom. The Bertz CT molecular complexity index is 906. The number of hydrogen-bond acceptors (Lipinski definition) is 6. The number of carboxylic acids is 1. The van der Waals surface area contributed by atoms with Gasteiger partial charge in [0.15, 0.2) is 12.1 Å². The topological polar surface area (TPSA) is 99.1 Å². The predicted octanol–water partition coefficient (Wildman–Crippen LogP) is 9.91. The van der Waals surface area contributed by atoms with E-state index in [9.17, 15) is 19.5 Å². The van der Waals surface area contributed by atoms with E-state index in [1.807, 2.05) is 21.1 Å². The third-order valence-electron chi connectivity index (χ3n) is 8.55. The minimum Gasteiger partial charge on any atom is -0.477 e. The van der Waals surface area contributed by atoms with E-state index in [4.69, 9.17) is 14.2 Å². The number of unbranched alkanes of at least 4 members (excludes halogenated alkanes) is 14. The molecule has 0 aromatic heterocycles. The first-order chi connectivity index (χ1) is 23.6. The number of rotatable bonds is 34. The van der Waals surface area contributed by atoms with Crippen molar-refractivity contribution < 1.29 is 38.2 Å². The second kappa shape index (κ2) is 32.7. The van der Waals surface area contributed by atoms with Crippen LogP contribution in [0.15, 0.2) is 36.5 Å². The Kier molecular flexibility index (Phi) is 31.1. The van der Waals surface area contributed by atoms with E-state index in [-0.39, 0.29) is 36.2 Å². The third kappa shape index (κ3) is 31.3. The van der Waals surface area contributed by atoms with Crippen LogP contribution >= 0.6 is 0 Å². The summed E-state index contributed by atoms with van der Waals surface area (Å²) >= 11 is 0. The van der Waals surface area contributed by atoms with Crippen molar-refractivity contribution in [3.63, 3.8) is 0 Å². The number of ether oxygens (including phenoxy) is 3. The van der Waals surface area contributed by atoms with Gasteiger partial charge < -0.3 is 23.8 Å². The number of carbonyl (C=O) groups is 3. The zero-order valence-electron chi connectivity index (χ0n) is 32.1. The first-order valence-electron chi connectivity index (χ1n) is 19.5. The highest BCUT2D eigenvalue weighted by Crippen LogP contribution is 2.13. The van der Waals surface area contributed by atoms with Gasteiger partial charge in [-0.05, 0) is 44.9 Å². The summed E-state index contributed by atoms with van der Waals surface area (Å²) in [7, 11) is 5.51. The molecular formula is C41H74NO7+. The normalized spacial score (nSPS) is 13.4. The molecule has 8 heteroatoms. The lowest BCUT2D eigenvalue weighted by Gasteiger charge is -2.31. The van der Waals surface area contributed by atoms with Crippen molar-refractivity contribution in [3.05, 3.63) is 36.5 Å². The number of quaternary nitrogens is 1. The van der Waals surface area contributed by atoms with Crippen LogP contribution in [0.25, 0.3) is 0 Å². The van der Waals surface area contributed by atoms with Gasteiger partial charge in [0.25, 0.3) is 0 Å². The lowest BCUT2D eigenvalue weighted by atomic mass is 10.1. The highest BCUT2D eigenvalue weighted by Gasteiger charge is 2.31. The van der Waals surface area contributed by atoms with Gasteiger partial charge in [0.05, 0.1) is 34.4 Å². The second-order valence-corrected chi connectivity index (χ2v) is 14.2. The summed E-state index contributed by atoms with van der Waals surface area (Å²) in [5.74, 6) is -1.49. The molecule has 0 saturated heterocycles. The molecule has 0 fully saturated rings. The van der Waals surface area contributed by atoms with Gasteiger partial charge in [-0.15, -0.1) is 0 Å². The van der Waals surface area contributed by atoms with Gasteiger partial charge >= 0.3 is 17.9 Å². The molecule has 284 valence electrons. The fourth-order valence-electron chi connectivity index (χ4n) is 5.52. The summed E-state index contributed by atoms with van der Waals surface area (Å²) in [6.45, 7) is 4.58. The zero-order chi connectivity index (χ0) is 36.4. The van der Waals surface area contributed by atoms with Crippen molar-refractivity contribution in [3.8, 4) is 0 Å². The number of nitrogens with zero attached hydrogens (tertiary/aromatic N) is 1. The van der Waals surface area contributed by atoms with Crippen LogP contribution in [0.3, 0.4) is 0 Å². The van der Waals surface area contributed by atoms with Gasteiger partial charge in [0.1, 0.15) is 6.61 Å². The smallest absolute Gasteiger partial charge is 0.362 e. The largest absolute Gasteiger partial charge is 0.477 e. The molecule has 0 aliphatic heterocycles. The highest BCUT2D eigenvalue weighted by molar-refractivity contribution is 5.72. The maximum atomic E-state index is 12.6. The van der Waals surface area contributed by atoms with Gasteiger partial charge in [-0.2, -0.15) is 0 Å². The number of aliphatic carboxylic acids is 1. The third-order valence-corrected chi connectivity index (χ3v) is 8.55. The van der Waals surface area contributed by atoms with E-state index in [1.165, 1.54) is 51.4 Å². The van der Waals surface area contributed by atoms with Crippen LogP contribution in [0.1, 0.15) is 155 Å². The summed E-state index contributed by atoms with van der Waals surface area (Å²) < 4.78 is 17.2. The maximum absolute atomic E-state index is 12.6. The number of esters is 2. The second-order valence-electron chi connectivity index (χ2n) is 14.2. The van der Waals surface area contributed by atoms with E-state index in [2.05, 4.69) is 50.3 Å². The number of likely N-dealkylation sites (N-methyl/N-ethyl adjacent to an activating group) is 1. The van der Waals surface area contributed by atoms with Gasteiger partial charge in [-0.3, -0.25) is 9.59 Å².